The van der Waals surface area contributed by atoms with Gasteiger partial charge in [-0.2, -0.15) is 5.10 Å². The molecule has 0 spiro atoms. The predicted molar refractivity (Wildman–Crippen MR) is 69.9 cm³/mol. The molecule has 0 saturated heterocycles. The first-order valence-corrected chi connectivity index (χ1v) is 5.91. The Hall–Kier alpha value is -1.61. The lowest BCUT2D eigenvalue weighted by atomic mass is 9.97. The van der Waals surface area contributed by atoms with Crippen LogP contribution < -0.4 is 5.73 Å². The number of nitrogens with two attached hydrogens (primary N) is 1. The summed E-state index contributed by atoms with van der Waals surface area (Å²) in [5.74, 6) is 0. The fourth-order valence-electron chi connectivity index (χ4n) is 2.17. The first-order valence-electron chi connectivity index (χ1n) is 5.91. The first kappa shape index (κ1) is 11.9. The van der Waals surface area contributed by atoms with Crippen LogP contribution in [0.4, 0.5) is 0 Å². The first-order chi connectivity index (χ1) is 8.09. The standard InChI is InChI=1S/C14H19N3/c1-10-8-16-17(9-10)14(12(3)15)13-7-5-4-6-11(13)2/h4-9,12,14H,15H2,1-3H3. The van der Waals surface area contributed by atoms with Crippen LogP contribution in [0.3, 0.4) is 0 Å². The van der Waals surface area contributed by atoms with Crippen LogP contribution >= 0.6 is 0 Å². The maximum absolute atomic E-state index is 6.12. The van der Waals surface area contributed by atoms with E-state index in [2.05, 4.69) is 24.2 Å². The van der Waals surface area contributed by atoms with Gasteiger partial charge in [0.2, 0.25) is 0 Å². The minimum absolute atomic E-state index is 0.0235. The Balaban J connectivity index is 2.47. The molecule has 2 atom stereocenters. The molecule has 1 heterocycles. The average molecular weight is 229 g/mol. The van der Waals surface area contributed by atoms with Crippen molar-refractivity contribution >= 4 is 0 Å². The van der Waals surface area contributed by atoms with E-state index in [1.54, 1.807) is 0 Å². The van der Waals surface area contributed by atoms with Crippen LogP contribution in [0, 0.1) is 13.8 Å². The Morgan fingerprint density at radius 2 is 1.94 bits per heavy atom. The summed E-state index contributed by atoms with van der Waals surface area (Å²) in [6.45, 7) is 6.18. The molecule has 0 amide bonds. The van der Waals surface area contributed by atoms with Gasteiger partial charge in [0.25, 0.3) is 0 Å². The fourth-order valence-corrected chi connectivity index (χ4v) is 2.17. The van der Waals surface area contributed by atoms with E-state index in [1.807, 2.05) is 43.1 Å². The molecule has 17 heavy (non-hydrogen) atoms. The lowest BCUT2D eigenvalue weighted by molar-refractivity contribution is 0.452. The second-order valence-corrected chi connectivity index (χ2v) is 4.66. The molecular formula is C14H19N3. The van der Waals surface area contributed by atoms with Gasteiger partial charge in [-0.05, 0) is 37.5 Å². The second kappa shape index (κ2) is 4.72. The zero-order valence-electron chi connectivity index (χ0n) is 10.6. The maximum Gasteiger partial charge on any atom is 0.0919 e. The van der Waals surface area contributed by atoms with E-state index >= 15 is 0 Å². The van der Waals surface area contributed by atoms with Crippen molar-refractivity contribution < 1.29 is 0 Å². The quantitative estimate of drug-likeness (QED) is 0.878. The SMILES string of the molecule is Cc1cnn(C(c2ccccc2C)C(C)N)c1. The Bertz CT molecular complexity index is 500. The Kier molecular flexibility index (Phi) is 3.29. The normalized spacial score (nSPS) is 14.6. The van der Waals surface area contributed by atoms with E-state index in [9.17, 15) is 0 Å². The van der Waals surface area contributed by atoms with E-state index in [0.29, 0.717) is 0 Å². The van der Waals surface area contributed by atoms with Crippen molar-refractivity contribution in [2.24, 2.45) is 5.73 Å². The van der Waals surface area contributed by atoms with E-state index in [4.69, 9.17) is 5.73 Å². The molecule has 0 aliphatic heterocycles. The van der Waals surface area contributed by atoms with Gasteiger partial charge in [-0.3, -0.25) is 4.68 Å². The van der Waals surface area contributed by atoms with Crippen LogP contribution in [-0.2, 0) is 0 Å². The smallest absolute Gasteiger partial charge is 0.0919 e. The molecule has 0 radical (unpaired) electrons. The molecule has 3 nitrogen and oxygen atoms in total. The second-order valence-electron chi connectivity index (χ2n) is 4.66. The summed E-state index contributed by atoms with van der Waals surface area (Å²) in [7, 11) is 0. The molecule has 0 saturated carbocycles. The minimum Gasteiger partial charge on any atom is -0.326 e. The Labute approximate surface area is 102 Å². The van der Waals surface area contributed by atoms with Gasteiger partial charge in [-0.25, -0.2) is 0 Å². The number of hydrogen-bond donors (Lipinski definition) is 1. The van der Waals surface area contributed by atoms with Gasteiger partial charge < -0.3 is 5.73 Å². The van der Waals surface area contributed by atoms with Crippen molar-refractivity contribution in [2.45, 2.75) is 32.9 Å². The number of rotatable bonds is 3. The highest BCUT2D eigenvalue weighted by molar-refractivity contribution is 5.30. The van der Waals surface area contributed by atoms with E-state index in [-0.39, 0.29) is 12.1 Å². The molecular weight excluding hydrogens is 210 g/mol. The summed E-state index contributed by atoms with van der Waals surface area (Å²) in [4.78, 5) is 0. The van der Waals surface area contributed by atoms with Gasteiger partial charge in [0, 0.05) is 12.2 Å². The summed E-state index contributed by atoms with van der Waals surface area (Å²) >= 11 is 0. The maximum atomic E-state index is 6.12. The number of benzene rings is 1. The molecule has 0 fully saturated rings. The number of aromatic nitrogens is 2. The van der Waals surface area contributed by atoms with Crippen molar-refractivity contribution in [2.75, 3.05) is 0 Å². The Morgan fingerprint density at radius 1 is 1.24 bits per heavy atom. The van der Waals surface area contributed by atoms with Crippen LogP contribution in [0.2, 0.25) is 0 Å². The Morgan fingerprint density at radius 3 is 2.47 bits per heavy atom. The van der Waals surface area contributed by atoms with Crippen LogP contribution in [0.25, 0.3) is 0 Å². The summed E-state index contributed by atoms with van der Waals surface area (Å²) in [5, 5.41) is 4.39. The van der Waals surface area contributed by atoms with Gasteiger partial charge in [0.1, 0.15) is 0 Å². The lowest BCUT2D eigenvalue weighted by Gasteiger charge is -2.23. The van der Waals surface area contributed by atoms with Crippen LogP contribution in [0.5, 0.6) is 0 Å². The van der Waals surface area contributed by atoms with Gasteiger partial charge in [0.05, 0.1) is 12.2 Å². The van der Waals surface area contributed by atoms with E-state index < -0.39 is 0 Å². The highest BCUT2D eigenvalue weighted by atomic mass is 15.3. The van der Waals surface area contributed by atoms with Gasteiger partial charge >= 0.3 is 0 Å². The largest absolute Gasteiger partial charge is 0.326 e. The molecule has 1 aromatic carbocycles. The van der Waals surface area contributed by atoms with Crippen molar-refractivity contribution in [3.63, 3.8) is 0 Å². The summed E-state index contributed by atoms with van der Waals surface area (Å²) in [5.41, 5.74) is 9.77. The van der Waals surface area contributed by atoms with Crippen LogP contribution in [0.1, 0.15) is 29.7 Å². The monoisotopic (exact) mass is 229 g/mol. The zero-order valence-corrected chi connectivity index (χ0v) is 10.6. The van der Waals surface area contributed by atoms with Crippen molar-refractivity contribution in [1.29, 1.82) is 0 Å². The third-order valence-electron chi connectivity index (χ3n) is 3.02. The summed E-state index contributed by atoms with van der Waals surface area (Å²) < 4.78 is 1.96. The van der Waals surface area contributed by atoms with Crippen LogP contribution in [0.15, 0.2) is 36.7 Å². The molecule has 90 valence electrons. The lowest BCUT2D eigenvalue weighted by Crippen LogP contribution is -2.31. The summed E-state index contributed by atoms with van der Waals surface area (Å²) in [6.07, 6.45) is 3.91. The zero-order chi connectivity index (χ0) is 12.4. The highest BCUT2D eigenvalue weighted by Crippen LogP contribution is 2.23. The third kappa shape index (κ3) is 2.39. The molecule has 2 rings (SSSR count). The van der Waals surface area contributed by atoms with E-state index in [0.717, 1.165) is 5.56 Å². The topological polar surface area (TPSA) is 43.8 Å². The predicted octanol–water partition coefficient (Wildman–Crippen LogP) is 2.44. The molecule has 0 aliphatic rings. The van der Waals surface area contributed by atoms with Crippen molar-refractivity contribution in [3.8, 4) is 0 Å². The highest BCUT2D eigenvalue weighted by Gasteiger charge is 2.20. The molecule has 2 aromatic rings. The fraction of sp³-hybridized carbons (Fsp3) is 0.357. The number of hydrogen-bond acceptors (Lipinski definition) is 2. The minimum atomic E-state index is 0.0235. The van der Waals surface area contributed by atoms with Gasteiger partial charge in [0.15, 0.2) is 0 Å². The van der Waals surface area contributed by atoms with Crippen LogP contribution in [-0.4, -0.2) is 15.8 Å². The molecule has 2 unspecified atom stereocenters. The summed E-state index contributed by atoms with van der Waals surface area (Å²) in [6, 6.07) is 8.46. The molecule has 0 aliphatic carbocycles. The molecule has 1 aromatic heterocycles. The average Bonchev–Trinajstić information content (AvgIpc) is 2.68. The van der Waals surface area contributed by atoms with Gasteiger partial charge in [-0.1, -0.05) is 24.3 Å². The van der Waals surface area contributed by atoms with Crippen molar-refractivity contribution in [1.82, 2.24) is 9.78 Å². The third-order valence-corrected chi connectivity index (χ3v) is 3.02. The van der Waals surface area contributed by atoms with E-state index in [1.165, 1.54) is 11.1 Å². The molecule has 3 heteroatoms. The van der Waals surface area contributed by atoms with Gasteiger partial charge in [-0.15, -0.1) is 0 Å². The molecule has 2 N–H and O–H groups in total. The molecule has 0 bridgehead atoms. The number of aryl methyl sites for hydroxylation is 2. The number of nitrogens with zero attached hydrogens (tertiary/aromatic N) is 2. The van der Waals surface area contributed by atoms with Crippen molar-refractivity contribution in [3.05, 3.63) is 53.3 Å².